The molecule has 2 aromatic rings. The maximum absolute atomic E-state index is 11.4. The van der Waals surface area contributed by atoms with Gasteiger partial charge >= 0.3 is 147 Å². The minimum absolute atomic E-state index is 0.148. The first-order valence-electron chi connectivity index (χ1n) is 7.63. The molecule has 1 aliphatic rings. The molecule has 0 heterocycles. The van der Waals surface area contributed by atoms with Crippen molar-refractivity contribution in [1.82, 2.24) is 0 Å². The van der Waals surface area contributed by atoms with E-state index in [0.717, 1.165) is 22.3 Å². The molecule has 22 heavy (non-hydrogen) atoms. The zero-order chi connectivity index (χ0) is 15.5. The van der Waals surface area contributed by atoms with Crippen LogP contribution in [-0.2, 0) is 39.3 Å². The van der Waals surface area contributed by atoms with Gasteiger partial charge in [-0.15, -0.1) is 0 Å². The van der Waals surface area contributed by atoms with Crippen molar-refractivity contribution in [2.75, 3.05) is 0 Å². The van der Waals surface area contributed by atoms with Crippen LogP contribution in [0.2, 0.25) is 3.93 Å². The van der Waals surface area contributed by atoms with Crippen LogP contribution in [0.5, 0.6) is 0 Å². The van der Waals surface area contributed by atoms with E-state index < -0.39 is 23.3 Å². The van der Waals surface area contributed by atoms with Gasteiger partial charge in [0.2, 0.25) is 0 Å². The second-order valence-corrected chi connectivity index (χ2v) is 13.2. The van der Waals surface area contributed by atoms with Crippen LogP contribution in [0.1, 0.15) is 36.1 Å². The SMILES string of the molecule is CC(=O)OC(C[CH2][Hg][Cl])c1ccc2c(c1)Cc1ccccc1-2. The van der Waals surface area contributed by atoms with Crippen molar-refractivity contribution in [3.05, 3.63) is 59.2 Å². The number of esters is 1. The van der Waals surface area contributed by atoms with Crippen LogP contribution in [0.15, 0.2) is 42.5 Å². The monoisotopic (exact) mass is 502 g/mol. The fourth-order valence-corrected chi connectivity index (χ4v) is 6.52. The van der Waals surface area contributed by atoms with Crippen LogP contribution in [0, 0.1) is 0 Å². The van der Waals surface area contributed by atoms with Crippen LogP contribution in [0.3, 0.4) is 0 Å². The molecular weight excluding hydrogens is 484 g/mol. The fourth-order valence-electron chi connectivity index (χ4n) is 3.12. The molecule has 0 fully saturated rings. The Bertz CT molecular complexity index is 699. The molecule has 1 aliphatic carbocycles. The molecule has 110 valence electrons. The summed E-state index contributed by atoms with van der Waals surface area (Å²) in [5.74, 6) is -0.222. The molecule has 0 spiro atoms. The molecule has 0 saturated heterocycles. The van der Waals surface area contributed by atoms with E-state index in [9.17, 15) is 4.79 Å². The maximum atomic E-state index is 11.4. The molecule has 1 atom stereocenters. The van der Waals surface area contributed by atoms with Crippen LogP contribution in [0.25, 0.3) is 11.1 Å². The van der Waals surface area contributed by atoms with Gasteiger partial charge in [-0.25, -0.2) is 0 Å². The second-order valence-electron chi connectivity index (χ2n) is 5.68. The molecular formula is C18H17ClHgO2. The Labute approximate surface area is 146 Å². The molecule has 0 N–H and O–H groups in total. The Hall–Kier alpha value is -0.865. The second kappa shape index (κ2) is 7.14. The standard InChI is InChI=1S/C18H17O2.ClH.Hg/c1-3-18(20-12(2)19)14-8-9-17-15(11-14)10-13-6-4-5-7-16(13)17;;/h4-9,11,18H,1,3,10H2,2H3;1H;/q;;+1/p-1. The van der Waals surface area contributed by atoms with Crippen LogP contribution < -0.4 is 0 Å². The van der Waals surface area contributed by atoms with Gasteiger partial charge in [-0.1, -0.05) is 0 Å². The van der Waals surface area contributed by atoms with Crippen molar-refractivity contribution < 1.29 is 32.9 Å². The summed E-state index contributed by atoms with van der Waals surface area (Å²) < 4.78 is 6.57. The van der Waals surface area contributed by atoms with Crippen molar-refractivity contribution >= 4 is 14.2 Å². The number of fused-ring (bicyclic) bond motifs is 3. The van der Waals surface area contributed by atoms with Gasteiger partial charge in [0.1, 0.15) is 0 Å². The van der Waals surface area contributed by atoms with Gasteiger partial charge in [0.05, 0.1) is 0 Å². The first kappa shape index (κ1) is 16.0. The zero-order valence-electron chi connectivity index (χ0n) is 12.6. The molecule has 1 unspecified atom stereocenters. The predicted octanol–water partition coefficient (Wildman–Crippen LogP) is 4.91. The summed E-state index contributed by atoms with van der Waals surface area (Å²) >= 11 is -1.21. The van der Waals surface area contributed by atoms with Crippen LogP contribution in [0.4, 0.5) is 0 Å². The summed E-state index contributed by atoms with van der Waals surface area (Å²) in [7, 11) is 6.01. The average Bonchev–Trinajstić information content (AvgIpc) is 2.88. The van der Waals surface area contributed by atoms with Crippen molar-refractivity contribution in [3.63, 3.8) is 0 Å². The zero-order valence-corrected chi connectivity index (χ0v) is 18.9. The van der Waals surface area contributed by atoms with Gasteiger partial charge in [0.15, 0.2) is 0 Å². The van der Waals surface area contributed by atoms with E-state index in [2.05, 4.69) is 42.5 Å². The van der Waals surface area contributed by atoms with Gasteiger partial charge in [0.25, 0.3) is 0 Å². The Morgan fingerprint density at radius 1 is 1.23 bits per heavy atom. The molecule has 0 aliphatic heterocycles. The van der Waals surface area contributed by atoms with Gasteiger partial charge < -0.3 is 0 Å². The third-order valence-corrected chi connectivity index (χ3v) is 9.07. The Balaban J connectivity index is 1.89. The topological polar surface area (TPSA) is 26.3 Å². The number of hydrogen-bond acceptors (Lipinski definition) is 2. The first-order chi connectivity index (χ1) is 10.7. The number of hydrogen-bond donors (Lipinski definition) is 0. The van der Waals surface area contributed by atoms with E-state index in [-0.39, 0.29) is 12.1 Å². The molecule has 0 radical (unpaired) electrons. The van der Waals surface area contributed by atoms with E-state index in [4.69, 9.17) is 13.0 Å². The number of carbonyl (C=O) groups excluding carboxylic acids is 1. The summed E-state index contributed by atoms with van der Waals surface area (Å²) in [6, 6.07) is 15.0. The van der Waals surface area contributed by atoms with Gasteiger partial charge in [-0.3, -0.25) is 0 Å². The molecule has 0 saturated carbocycles. The molecule has 4 heteroatoms. The number of carbonyl (C=O) groups is 1. The minimum atomic E-state index is -1.21. The van der Waals surface area contributed by atoms with Crippen molar-refractivity contribution in [1.29, 1.82) is 0 Å². The van der Waals surface area contributed by atoms with Gasteiger partial charge in [0, 0.05) is 0 Å². The summed E-state index contributed by atoms with van der Waals surface area (Å²) in [6.07, 6.45) is 1.67. The predicted molar refractivity (Wildman–Crippen MR) is 84.5 cm³/mol. The molecule has 2 nitrogen and oxygen atoms in total. The molecule has 0 amide bonds. The van der Waals surface area contributed by atoms with Crippen molar-refractivity contribution in [3.8, 4) is 11.1 Å². The summed E-state index contributed by atoms with van der Waals surface area (Å²) in [4.78, 5) is 11.4. The van der Waals surface area contributed by atoms with E-state index >= 15 is 0 Å². The van der Waals surface area contributed by atoms with E-state index in [1.54, 1.807) is 0 Å². The van der Waals surface area contributed by atoms with Crippen molar-refractivity contribution in [2.45, 2.75) is 29.8 Å². The quantitative estimate of drug-likeness (QED) is 0.367. The van der Waals surface area contributed by atoms with E-state index in [0.29, 0.717) is 0 Å². The normalized spacial score (nSPS) is 13.0. The molecule has 0 aromatic heterocycles. The number of ether oxygens (including phenoxy) is 1. The Kier molecular flexibility index (Phi) is 5.20. The van der Waals surface area contributed by atoms with E-state index in [1.165, 1.54) is 29.2 Å². The summed E-state index contributed by atoms with van der Waals surface area (Å²) in [5.41, 5.74) is 6.42. The molecule has 0 bridgehead atoms. The number of halogens is 1. The van der Waals surface area contributed by atoms with Crippen LogP contribution >= 0.6 is 8.25 Å². The van der Waals surface area contributed by atoms with Gasteiger partial charge in [-0.05, 0) is 0 Å². The fraction of sp³-hybridized carbons (Fsp3) is 0.278. The van der Waals surface area contributed by atoms with E-state index in [1.807, 2.05) is 0 Å². The van der Waals surface area contributed by atoms with Crippen LogP contribution in [-0.4, -0.2) is 5.97 Å². The van der Waals surface area contributed by atoms with Crippen molar-refractivity contribution in [2.24, 2.45) is 0 Å². The number of rotatable bonds is 5. The summed E-state index contributed by atoms with van der Waals surface area (Å²) in [6.45, 7) is 1.47. The van der Waals surface area contributed by atoms with Gasteiger partial charge in [-0.2, -0.15) is 0 Å². The first-order valence-corrected chi connectivity index (χ1v) is 18.3. The third kappa shape index (κ3) is 3.38. The molecule has 2 aromatic carbocycles. The summed E-state index contributed by atoms with van der Waals surface area (Å²) in [5, 5.41) is 0. The Morgan fingerprint density at radius 2 is 2.00 bits per heavy atom. The average molecular weight is 501 g/mol. The molecule has 3 rings (SSSR count). The third-order valence-electron chi connectivity index (χ3n) is 4.10. The number of benzene rings is 2. The Morgan fingerprint density at radius 3 is 2.77 bits per heavy atom.